The number of hydrogen-bond acceptors (Lipinski definition) is 28. The third kappa shape index (κ3) is 19.2. The number of benzene rings is 2. The van der Waals surface area contributed by atoms with Crippen LogP contribution in [-0.4, -0.2) is 225 Å². The Labute approximate surface area is 423 Å². The minimum absolute atomic E-state index is 0.115. The topological polar surface area (TPSA) is 511 Å². The van der Waals surface area contributed by atoms with Gasteiger partial charge in [0.15, 0.2) is 0 Å². The lowest BCUT2D eigenvalue weighted by molar-refractivity contribution is 0.0251. The van der Waals surface area contributed by atoms with Crippen LogP contribution in [0.15, 0.2) is 46.2 Å². The lowest BCUT2D eigenvalue weighted by Crippen LogP contribution is -2.41. The molecule has 74 heavy (non-hydrogen) atoms. The fraction of sp³-hybridized carbons (Fsp3) is 0.474. The Morgan fingerprint density at radius 2 is 0.851 bits per heavy atom. The highest BCUT2D eigenvalue weighted by Crippen LogP contribution is 2.29. The van der Waals surface area contributed by atoms with Gasteiger partial charge >= 0.3 is 0 Å². The van der Waals surface area contributed by atoms with Crippen molar-refractivity contribution in [2.75, 3.05) is 121 Å². The number of aromatic nitrogens is 6. The molecule has 0 aliphatic heterocycles. The number of hydrogen-bond donors (Lipinski definition) is 16. The first kappa shape index (κ1) is 60.9. The summed E-state index contributed by atoms with van der Waals surface area (Å²) in [7, 11) is -19.1. The van der Waals surface area contributed by atoms with Gasteiger partial charge in [-0.1, -0.05) is 24.3 Å². The molecule has 0 spiro atoms. The maximum atomic E-state index is 12.8. The molecule has 4 rings (SSSR count). The summed E-state index contributed by atoms with van der Waals surface area (Å²) in [5.74, 6) is -5.44. The van der Waals surface area contributed by atoms with Gasteiger partial charge in [0.05, 0.1) is 63.4 Å². The van der Waals surface area contributed by atoms with Crippen LogP contribution in [0.2, 0.25) is 0 Å². The zero-order valence-corrected chi connectivity index (χ0v) is 41.9. The normalized spacial score (nSPS) is 14.1. The first-order valence-electron chi connectivity index (χ1n) is 21.6. The average Bonchev–Trinajstić information content (AvgIpc) is 3.32. The van der Waals surface area contributed by atoms with Crippen LogP contribution in [0.25, 0.3) is 12.2 Å². The highest BCUT2D eigenvalue weighted by atomic mass is 32.2. The van der Waals surface area contributed by atoms with E-state index in [9.17, 15) is 92.7 Å². The van der Waals surface area contributed by atoms with Crippen LogP contribution in [0, 0.1) is 11.8 Å². The molecule has 0 aliphatic carbocycles. The van der Waals surface area contributed by atoms with E-state index in [0.717, 1.165) is 36.4 Å². The summed E-state index contributed by atoms with van der Waals surface area (Å²) in [6, 6.07) is 6.68. The Morgan fingerprint density at radius 3 is 1.15 bits per heavy atom. The molecule has 0 radical (unpaired) electrons. The Balaban J connectivity index is 1.74. The van der Waals surface area contributed by atoms with Gasteiger partial charge in [-0.3, -0.25) is 18.2 Å². The van der Waals surface area contributed by atoms with Gasteiger partial charge in [0.1, 0.15) is 9.79 Å². The molecule has 2 aromatic heterocycles. The number of nitrogens with one attached hydrogen (secondary N) is 4. The van der Waals surface area contributed by atoms with Crippen molar-refractivity contribution in [3.63, 3.8) is 0 Å². The summed E-state index contributed by atoms with van der Waals surface area (Å²) in [6.45, 7) is -5.55. The summed E-state index contributed by atoms with van der Waals surface area (Å²) in [5, 5.41) is 89.2. The number of nitrogens with zero attached hydrogens (tertiary/aromatic N) is 8. The predicted molar refractivity (Wildman–Crippen MR) is 263 cm³/mol. The number of aliphatic hydroxyl groups excluding tert-OH is 8. The van der Waals surface area contributed by atoms with Gasteiger partial charge < -0.3 is 71.9 Å². The molecular formula is C38H56N12O20S4. The molecular weight excluding hydrogens is 1070 g/mol. The molecule has 0 amide bonds. The standard InChI is InChI=1S/C38H56N12O20S4/c51-11-9-49(17-25(19-53)29(57)21-55)37-45-33(39-7-13-71(59,60)61)43-35(47-37)41-27-5-3-23(31(15-27)73(65,66)67)1-2-24-4-6-28(16-32(24)74(68,69)70)42-36-44-34(40-8-14-72(62,63)64)46-38(48-36)50(10-12-52)18-26(20-54)30(58)22-56/h1-6,15-16,25-26,29-30,51-58H,7-14,17-22H2,(H,59,60,61)(H,62,63,64)(H,65,66,67)(H,68,69,70)(H2,39,41,43,45,47)(H2,40,42,44,46,48)/b2-1+. The van der Waals surface area contributed by atoms with E-state index in [2.05, 4.69) is 51.2 Å². The lowest BCUT2D eigenvalue weighted by Gasteiger charge is -2.28. The molecule has 0 fully saturated rings. The molecule has 16 N–H and O–H groups in total. The van der Waals surface area contributed by atoms with Crippen molar-refractivity contribution in [3.05, 3.63) is 47.5 Å². The first-order chi connectivity index (χ1) is 34.7. The minimum Gasteiger partial charge on any atom is -0.396 e. The van der Waals surface area contributed by atoms with Crippen LogP contribution in [0.4, 0.5) is 47.1 Å². The Kier molecular flexibility index (Phi) is 22.4. The third-order valence-corrected chi connectivity index (χ3v) is 13.5. The van der Waals surface area contributed by atoms with Gasteiger partial charge in [0, 0.05) is 62.5 Å². The molecule has 2 aromatic carbocycles. The SMILES string of the molecule is O=S(=O)(O)CCNc1nc(Nc2ccc(/C=C/c3ccc(Nc4nc(NCCS(=O)(=O)O)nc(N(CCO)CC(CO)C(O)CO)n4)cc3S(=O)(=O)O)c(S(=O)(=O)O)c2)nc(N(CCO)CC(CO)C(O)CO)n1. The summed E-state index contributed by atoms with van der Waals surface area (Å²) >= 11 is 0. The van der Waals surface area contributed by atoms with E-state index in [1.165, 1.54) is 21.9 Å². The second kappa shape index (κ2) is 27.2. The van der Waals surface area contributed by atoms with Crippen LogP contribution in [0.1, 0.15) is 11.1 Å². The number of anilines is 8. The zero-order valence-electron chi connectivity index (χ0n) is 38.7. The molecule has 0 aliphatic rings. The summed E-state index contributed by atoms with van der Waals surface area (Å²) in [5.41, 5.74) is -0.718. The molecule has 0 saturated carbocycles. The van der Waals surface area contributed by atoms with Crippen molar-refractivity contribution in [1.82, 2.24) is 29.9 Å². The van der Waals surface area contributed by atoms with Crippen molar-refractivity contribution in [1.29, 1.82) is 0 Å². The Bertz CT molecular complexity index is 2800. The summed E-state index contributed by atoms with van der Waals surface area (Å²) in [4.78, 5) is 26.1. The molecule has 36 heteroatoms. The van der Waals surface area contributed by atoms with Crippen molar-refractivity contribution < 1.29 is 92.7 Å². The molecule has 0 saturated heterocycles. The van der Waals surface area contributed by atoms with Crippen molar-refractivity contribution in [3.8, 4) is 0 Å². The van der Waals surface area contributed by atoms with Gasteiger partial charge in [0.2, 0.25) is 35.7 Å². The molecule has 412 valence electrons. The van der Waals surface area contributed by atoms with Crippen LogP contribution in [0.5, 0.6) is 0 Å². The molecule has 4 aromatic rings. The zero-order chi connectivity index (χ0) is 55.0. The van der Waals surface area contributed by atoms with Crippen LogP contribution >= 0.6 is 0 Å². The van der Waals surface area contributed by atoms with Gasteiger partial charge in [-0.15, -0.1) is 0 Å². The molecule has 0 bridgehead atoms. The summed E-state index contributed by atoms with van der Waals surface area (Å²) in [6.07, 6.45) is -0.699. The van der Waals surface area contributed by atoms with E-state index in [-0.39, 0.29) is 84.4 Å². The van der Waals surface area contributed by atoms with E-state index in [4.69, 9.17) is 0 Å². The second-order valence-electron chi connectivity index (χ2n) is 15.8. The lowest BCUT2D eigenvalue weighted by atomic mass is 10.0. The van der Waals surface area contributed by atoms with Crippen LogP contribution in [0.3, 0.4) is 0 Å². The predicted octanol–water partition coefficient (Wildman–Crippen LogP) is -3.67. The van der Waals surface area contributed by atoms with E-state index in [0.29, 0.717) is 0 Å². The molecule has 4 atom stereocenters. The van der Waals surface area contributed by atoms with Crippen molar-refractivity contribution >= 4 is 99.7 Å². The van der Waals surface area contributed by atoms with Gasteiger partial charge in [-0.05, 0) is 35.4 Å². The van der Waals surface area contributed by atoms with E-state index in [1.807, 2.05) is 0 Å². The highest BCUT2D eigenvalue weighted by Gasteiger charge is 2.26. The van der Waals surface area contributed by atoms with E-state index in [1.54, 1.807) is 0 Å². The molecule has 4 unspecified atom stereocenters. The maximum absolute atomic E-state index is 12.8. The monoisotopic (exact) mass is 1130 g/mol. The van der Waals surface area contributed by atoms with Gasteiger partial charge in [0.25, 0.3) is 40.5 Å². The smallest absolute Gasteiger partial charge is 0.295 e. The summed E-state index contributed by atoms with van der Waals surface area (Å²) < 4.78 is 136. The third-order valence-electron chi connectivity index (χ3n) is 10.2. The minimum atomic E-state index is -5.11. The van der Waals surface area contributed by atoms with Gasteiger partial charge in [-0.25, -0.2) is 0 Å². The average molecular weight is 1130 g/mol. The van der Waals surface area contributed by atoms with Crippen LogP contribution < -0.4 is 31.1 Å². The fourth-order valence-electron chi connectivity index (χ4n) is 6.50. The Hall–Kier alpha value is -5.68. The Morgan fingerprint density at radius 1 is 0.500 bits per heavy atom. The van der Waals surface area contributed by atoms with Crippen molar-refractivity contribution in [2.45, 2.75) is 22.0 Å². The first-order valence-corrected chi connectivity index (χ1v) is 27.7. The quantitative estimate of drug-likeness (QED) is 0.0165. The molecule has 2 heterocycles. The number of rotatable bonds is 32. The maximum Gasteiger partial charge on any atom is 0.295 e. The van der Waals surface area contributed by atoms with E-state index >= 15 is 0 Å². The largest absolute Gasteiger partial charge is 0.396 e. The van der Waals surface area contributed by atoms with Crippen LogP contribution in [-0.2, 0) is 40.5 Å². The van der Waals surface area contributed by atoms with Crippen molar-refractivity contribution in [2.24, 2.45) is 11.8 Å². The number of aliphatic hydroxyl groups is 8. The fourth-order valence-corrected chi connectivity index (χ4v) is 8.64. The van der Waals surface area contributed by atoms with E-state index < -0.39 is 139 Å². The molecule has 32 nitrogen and oxygen atoms in total. The second-order valence-corrected chi connectivity index (χ2v) is 21.7. The van der Waals surface area contributed by atoms with Gasteiger partial charge in [-0.2, -0.15) is 63.6 Å². The highest BCUT2D eigenvalue weighted by molar-refractivity contribution is 7.86.